The van der Waals surface area contributed by atoms with Crippen molar-refractivity contribution in [3.8, 4) is 0 Å². The molecule has 0 fully saturated rings. The number of hydrogen-bond donors (Lipinski definition) is 1. The highest BCUT2D eigenvalue weighted by molar-refractivity contribution is 4.59. The van der Waals surface area contributed by atoms with Crippen molar-refractivity contribution < 1.29 is 9.84 Å². The fraction of sp³-hybridized carbons (Fsp3) is 1.00. The third-order valence-corrected chi connectivity index (χ3v) is 1.76. The summed E-state index contributed by atoms with van der Waals surface area (Å²) in [6.07, 6.45) is 3.62. The van der Waals surface area contributed by atoms with E-state index in [1.54, 1.807) is 0 Å². The molecule has 0 amide bonds. The Kier molecular flexibility index (Phi) is 6.35. The number of ether oxygens (including phenoxy) is 1. The second-order valence-corrected chi connectivity index (χ2v) is 4.82. The molecular formula is C11H24O2. The van der Waals surface area contributed by atoms with Crippen molar-refractivity contribution in [1.82, 2.24) is 0 Å². The minimum Gasteiger partial charge on any atom is -0.368 e. The van der Waals surface area contributed by atoms with Crippen LogP contribution >= 0.6 is 0 Å². The minimum atomic E-state index is -0.564. The van der Waals surface area contributed by atoms with Crippen molar-refractivity contribution in [2.24, 2.45) is 5.41 Å². The van der Waals surface area contributed by atoms with Crippen molar-refractivity contribution in [2.45, 2.75) is 59.7 Å². The molecular weight excluding hydrogens is 164 g/mol. The highest BCUT2D eigenvalue weighted by atomic mass is 16.6. The average Bonchev–Trinajstić information content (AvgIpc) is 2.00. The van der Waals surface area contributed by atoms with Crippen LogP contribution < -0.4 is 0 Å². The summed E-state index contributed by atoms with van der Waals surface area (Å²) in [7, 11) is 0. The molecule has 0 aliphatic rings. The second-order valence-electron chi connectivity index (χ2n) is 4.82. The van der Waals surface area contributed by atoms with E-state index in [0.717, 1.165) is 12.8 Å². The Balaban J connectivity index is 3.35. The molecule has 2 heteroatoms. The number of rotatable bonds is 6. The van der Waals surface area contributed by atoms with Gasteiger partial charge in [-0.2, -0.15) is 0 Å². The average molecular weight is 188 g/mol. The quantitative estimate of drug-likeness (QED) is 0.513. The van der Waals surface area contributed by atoms with Gasteiger partial charge in [0.25, 0.3) is 0 Å². The van der Waals surface area contributed by atoms with E-state index in [1.165, 1.54) is 12.8 Å². The van der Waals surface area contributed by atoms with E-state index in [0.29, 0.717) is 6.61 Å². The lowest BCUT2D eigenvalue weighted by atomic mass is 9.99. The molecule has 13 heavy (non-hydrogen) atoms. The topological polar surface area (TPSA) is 29.5 Å². The van der Waals surface area contributed by atoms with Crippen LogP contribution in [0.4, 0.5) is 0 Å². The van der Waals surface area contributed by atoms with Gasteiger partial charge in [-0.3, -0.25) is 0 Å². The summed E-state index contributed by atoms with van der Waals surface area (Å²) in [5, 5.41) is 9.42. The zero-order chi connectivity index (χ0) is 10.3. The monoisotopic (exact) mass is 188 g/mol. The van der Waals surface area contributed by atoms with Gasteiger partial charge in [0.05, 0.1) is 6.61 Å². The summed E-state index contributed by atoms with van der Waals surface area (Å²) >= 11 is 0. The van der Waals surface area contributed by atoms with Crippen LogP contribution in [-0.2, 0) is 4.74 Å². The molecule has 0 aromatic carbocycles. The predicted molar refractivity (Wildman–Crippen MR) is 55.6 cm³/mol. The normalized spacial score (nSPS) is 14.5. The molecule has 0 spiro atoms. The second kappa shape index (κ2) is 6.39. The van der Waals surface area contributed by atoms with Gasteiger partial charge in [-0.25, -0.2) is 0 Å². The molecule has 0 aromatic heterocycles. The number of hydrogen-bond acceptors (Lipinski definition) is 2. The molecule has 1 N–H and O–H groups in total. The fourth-order valence-corrected chi connectivity index (χ4v) is 0.998. The van der Waals surface area contributed by atoms with Crippen LogP contribution in [0.5, 0.6) is 0 Å². The Bertz CT molecular complexity index is 116. The lowest BCUT2D eigenvalue weighted by molar-refractivity contribution is -0.123. The minimum absolute atomic E-state index is 0.145. The van der Waals surface area contributed by atoms with Crippen LogP contribution in [0.2, 0.25) is 0 Å². The molecule has 1 atom stereocenters. The summed E-state index contributed by atoms with van der Waals surface area (Å²) in [6.45, 7) is 9.09. The van der Waals surface area contributed by atoms with E-state index in [-0.39, 0.29) is 5.41 Å². The van der Waals surface area contributed by atoms with E-state index in [1.807, 2.05) is 0 Å². The maximum absolute atomic E-state index is 9.42. The maximum atomic E-state index is 9.42. The van der Waals surface area contributed by atoms with E-state index >= 15 is 0 Å². The molecule has 0 radical (unpaired) electrons. The van der Waals surface area contributed by atoms with Gasteiger partial charge in [0.2, 0.25) is 0 Å². The highest BCUT2D eigenvalue weighted by Crippen LogP contribution is 2.15. The lowest BCUT2D eigenvalue weighted by Gasteiger charge is -2.20. The molecule has 0 heterocycles. The van der Waals surface area contributed by atoms with E-state index < -0.39 is 6.29 Å². The molecule has 0 aliphatic carbocycles. The predicted octanol–water partition coefficient (Wildman–Crippen LogP) is 2.95. The summed E-state index contributed by atoms with van der Waals surface area (Å²) in [5.41, 5.74) is 0.145. The van der Waals surface area contributed by atoms with Crippen molar-refractivity contribution in [3.05, 3.63) is 0 Å². The molecule has 0 saturated carbocycles. The molecule has 0 aromatic rings. The third kappa shape index (κ3) is 9.84. The van der Waals surface area contributed by atoms with Gasteiger partial charge in [-0.1, -0.05) is 40.5 Å². The highest BCUT2D eigenvalue weighted by Gasteiger charge is 2.13. The Morgan fingerprint density at radius 1 is 1.23 bits per heavy atom. The van der Waals surface area contributed by atoms with Gasteiger partial charge in [0.15, 0.2) is 6.29 Å². The van der Waals surface area contributed by atoms with Crippen LogP contribution in [0.1, 0.15) is 53.4 Å². The first-order valence-corrected chi connectivity index (χ1v) is 5.25. The van der Waals surface area contributed by atoms with Crippen LogP contribution in [0.3, 0.4) is 0 Å². The van der Waals surface area contributed by atoms with Crippen molar-refractivity contribution in [1.29, 1.82) is 0 Å². The summed E-state index contributed by atoms with van der Waals surface area (Å²) in [6, 6.07) is 0. The number of unbranched alkanes of at least 4 members (excludes halogenated alkanes) is 2. The number of aliphatic hydroxyl groups is 1. The first kappa shape index (κ1) is 12.9. The Morgan fingerprint density at radius 2 is 1.85 bits per heavy atom. The summed E-state index contributed by atoms with van der Waals surface area (Å²) in [5.74, 6) is 0. The Hall–Kier alpha value is -0.0800. The third-order valence-electron chi connectivity index (χ3n) is 1.76. The van der Waals surface area contributed by atoms with Crippen LogP contribution in [0.25, 0.3) is 0 Å². The van der Waals surface area contributed by atoms with E-state index in [9.17, 15) is 5.11 Å². The molecule has 2 nitrogen and oxygen atoms in total. The molecule has 0 bridgehead atoms. The first-order valence-electron chi connectivity index (χ1n) is 5.25. The van der Waals surface area contributed by atoms with E-state index in [2.05, 4.69) is 27.7 Å². The largest absolute Gasteiger partial charge is 0.368 e. The zero-order valence-corrected chi connectivity index (χ0v) is 9.47. The number of aliphatic hydroxyl groups excluding tert-OH is 1. The Morgan fingerprint density at radius 3 is 2.31 bits per heavy atom. The molecule has 0 aliphatic heterocycles. The standard InChI is InChI=1S/C11H24O2/c1-5-6-7-8-10(12)13-9-11(2,3)4/h10,12H,5-9H2,1-4H3. The van der Waals surface area contributed by atoms with Gasteiger partial charge in [-0.05, 0) is 18.3 Å². The van der Waals surface area contributed by atoms with Crippen molar-refractivity contribution >= 4 is 0 Å². The first-order chi connectivity index (χ1) is 5.95. The van der Waals surface area contributed by atoms with Crippen LogP contribution in [0, 0.1) is 5.41 Å². The maximum Gasteiger partial charge on any atom is 0.154 e. The lowest BCUT2D eigenvalue weighted by Crippen LogP contribution is -2.21. The van der Waals surface area contributed by atoms with Gasteiger partial charge in [0.1, 0.15) is 0 Å². The van der Waals surface area contributed by atoms with Gasteiger partial charge >= 0.3 is 0 Å². The van der Waals surface area contributed by atoms with Crippen molar-refractivity contribution in [3.63, 3.8) is 0 Å². The van der Waals surface area contributed by atoms with Gasteiger partial charge < -0.3 is 9.84 Å². The van der Waals surface area contributed by atoms with Gasteiger partial charge in [0, 0.05) is 0 Å². The zero-order valence-electron chi connectivity index (χ0n) is 9.47. The van der Waals surface area contributed by atoms with E-state index in [4.69, 9.17) is 4.74 Å². The molecule has 0 rings (SSSR count). The smallest absolute Gasteiger partial charge is 0.154 e. The fourth-order valence-electron chi connectivity index (χ4n) is 0.998. The molecule has 0 saturated heterocycles. The SMILES string of the molecule is CCCCCC(O)OCC(C)(C)C. The summed E-state index contributed by atoms with van der Waals surface area (Å²) < 4.78 is 5.31. The summed E-state index contributed by atoms with van der Waals surface area (Å²) in [4.78, 5) is 0. The molecule has 1 unspecified atom stereocenters. The van der Waals surface area contributed by atoms with Crippen LogP contribution in [-0.4, -0.2) is 18.0 Å². The van der Waals surface area contributed by atoms with Gasteiger partial charge in [-0.15, -0.1) is 0 Å². The molecule has 80 valence electrons. The van der Waals surface area contributed by atoms with Crippen LogP contribution in [0.15, 0.2) is 0 Å². The Labute approximate surface area is 82.3 Å². The van der Waals surface area contributed by atoms with Crippen molar-refractivity contribution in [2.75, 3.05) is 6.61 Å².